The van der Waals surface area contributed by atoms with Gasteiger partial charge in [0.1, 0.15) is 24.7 Å². The monoisotopic (exact) mass is 530 g/mol. The van der Waals surface area contributed by atoms with E-state index in [-0.39, 0.29) is 19.0 Å². The van der Waals surface area contributed by atoms with E-state index >= 15 is 0 Å². The molecule has 202 valence electrons. The van der Waals surface area contributed by atoms with Crippen molar-refractivity contribution in [2.24, 2.45) is 0 Å². The molecule has 2 N–H and O–H groups in total. The van der Waals surface area contributed by atoms with Crippen molar-refractivity contribution in [3.05, 3.63) is 46.9 Å². The summed E-state index contributed by atoms with van der Waals surface area (Å²) in [6.45, 7) is 4.94. The molecule has 6 heterocycles. The van der Waals surface area contributed by atoms with E-state index in [0.717, 1.165) is 61.3 Å². The highest BCUT2D eigenvalue weighted by Gasteiger charge is 2.34. The maximum atomic E-state index is 12.7. The summed E-state index contributed by atoms with van der Waals surface area (Å²) in [7, 11) is 0. The van der Waals surface area contributed by atoms with Gasteiger partial charge in [-0.15, -0.1) is 0 Å². The number of amides is 2. The van der Waals surface area contributed by atoms with E-state index < -0.39 is 6.09 Å². The molecule has 0 bridgehead atoms. The Hall–Kier alpha value is -4.35. The molecule has 1 fully saturated rings. The molecule has 0 radical (unpaired) electrons. The van der Waals surface area contributed by atoms with Crippen LogP contribution in [0.1, 0.15) is 35.2 Å². The Labute approximate surface area is 225 Å². The molecule has 0 unspecified atom stereocenters. The minimum atomic E-state index is -1.01. The van der Waals surface area contributed by atoms with Gasteiger partial charge in [-0.1, -0.05) is 0 Å². The van der Waals surface area contributed by atoms with Crippen LogP contribution in [0.3, 0.4) is 0 Å². The predicted molar refractivity (Wildman–Crippen MR) is 143 cm³/mol. The van der Waals surface area contributed by atoms with Crippen molar-refractivity contribution in [2.45, 2.75) is 51.7 Å². The Morgan fingerprint density at radius 2 is 1.92 bits per heavy atom. The highest BCUT2D eigenvalue weighted by molar-refractivity contribution is 5.91. The van der Waals surface area contributed by atoms with Gasteiger partial charge in [0.2, 0.25) is 11.8 Å². The molecule has 39 heavy (non-hydrogen) atoms. The third kappa shape index (κ3) is 4.29. The predicted octanol–water partition coefficient (Wildman–Crippen LogP) is 2.71. The zero-order chi connectivity index (χ0) is 26.7. The van der Waals surface area contributed by atoms with Crippen LogP contribution in [0, 0.1) is 6.92 Å². The third-order valence-corrected chi connectivity index (χ3v) is 8.06. The van der Waals surface area contributed by atoms with Crippen LogP contribution in [0.5, 0.6) is 5.88 Å². The Bertz CT molecular complexity index is 1480. The van der Waals surface area contributed by atoms with Gasteiger partial charge in [-0.2, -0.15) is 5.10 Å². The Kier molecular flexibility index (Phi) is 5.56. The third-order valence-electron chi connectivity index (χ3n) is 8.06. The summed E-state index contributed by atoms with van der Waals surface area (Å²) in [6, 6.07) is 4.47. The van der Waals surface area contributed by atoms with Gasteiger partial charge in [-0.05, 0) is 43.4 Å². The smallest absolute Gasteiger partial charge is 0.412 e. The Balaban J connectivity index is 1.10. The van der Waals surface area contributed by atoms with E-state index in [1.807, 2.05) is 34.8 Å². The molecule has 7 rings (SSSR count). The van der Waals surface area contributed by atoms with Crippen LogP contribution in [-0.4, -0.2) is 74.0 Å². The summed E-state index contributed by atoms with van der Waals surface area (Å²) in [4.78, 5) is 39.1. The average molecular weight is 531 g/mol. The second kappa shape index (κ2) is 9.14. The van der Waals surface area contributed by atoms with Gasteiger partial charge in [0, 0.05) is 55.6 Å². The second-order valence-corrected chi connectivity index (χ2v) is 10.6. The van der Waals surface area contributed by atoms with Crippen molar-refractivity contribution in [3.8, 4) is 5.88 Å². The largest absolute Gasteiger partial charge is 0.474 e. The van der Waals surface area contributed by atoms with Crippen LogP contribution in [0.2, 0.25) is 0 Å². The molecule has 0 saturated heterocycles. The van der Waals surface area contributed by atoms with Gasteiger partial charge < -0.3 is 25.0 Å². The van der Waals surface area contributed by atoms with Crippen LogP contribution in [0.4, 0.5) is 27.8 Å². The normalized spacial score (nSPS) is 18.6. The summed E-state index contributed by atoms with van der Waals surface area (Å²) < 4.78 is 7.45. The first-order valence-electron chi connectivity index (χ1n) is 13.4. The van der Waals surface area contributed by atoms with E-state index in [4.69, 9.17) is 4.74 Å². The van der Waals surface area contributed by atoms with Gasteiger partial charge in [0.15, 0.2) is 5.82 Å². The zero-order valence-corrected chi connectivity index (χ0v) is 21.8. The number of anilines is 4. The number of hydrogen-bond acceptors (Lipinski definition) is 8. The van der Waals surface area contributed by atoms with Crippen molar-refractivity contribution in [1.29, 1.82) is 0 Å². The fraction of sp³-hybridized carbons (Fsp3) is 0.444. The lowest BCUT2D eigenvalue weighted by molar-refractivity contribution is -0.132. The Morgan fingerprint density at radius 1 is 1.05 bits per heavy atom. The van der Waals surface area contributed by atoms with Crippen LogP contribution in [0.25, 0.3) is 0 Å². The van der Waals surface area contributed by atoms with Gasteiger partial charge >= 0.3 is 6.09 Å². The maximum Gasteiger partial charge on any atom is 0.412 e. The lowest BCUT2D eigenvalue weighted by Gasteiger charge is -2.34. The van der Waals surface area contributed by atoms with Crippen molar-refractivity contribution < 1.29 is 19.4 Å². The molecular weight excluding hydrogens is 500 g/mol. The molecule has 3 aromatic heterocycles. The fourth-order valence-corrected chi connectivity index (χ4v) is 5.89. The van der Waals surface area contributed by atoms with E-state index in [9.17, 15) is 14.7 Å². The maximum absolute atomic E-state index is 12.7. The van der Waals surface area contributed by atoms with E-state index in [0.29, 0.717) is 42.4 Å². The molecular formula is C27H30N8O4. The average Bonchev–Trinajstić information content (AvgIpc) is 3.72. The first-order chi connectivity index (χ1) is 18.9. The highest BCUT2D eigenvalue weighted by atomic mass is 16.5. The standard InChI is InChI=1S/C27H30N8O4/c1-16-21(13-29-26-25(16)34(27(37)38)8-9-39-26)32-6-4-17-12-28-22(10-18(17)14-32)30-23-11-20-5-7-33(19-2-3-19)24(36)15-35(20)31-23/h10-13,19H,2-9,14-15H2,1H3,(H,37,38)(H,28,30,31). The van der Waals surface area contributed by atoms with E-state index in [2.05, 4.69) is 25.3 Å². The molecule has 0 aromatic carbocycles. The minimum absolute atomic E-state index is 0.142. The molecule has 3 aliphatic heterocycles. The number of carboxylic acid groups (broad SMARTS) is 1. The van der Waals surface area contributed by atoms with Gasteiger partial charge in [0.05, 0.1) is 18.4 Å². The number of carbonyl (C=O) groups is 2. The lowest BCUT2D eigenvalue weighted by Crippen LogP contribution is -2.38. The first kappa shape index (κ1) is 23.7. The van der Waals surface area contributed by atoms with Gasteiger partial charge in [-0.25, -0.2) is 14.8 Å². The van der Waals surface area contributed by atoms with Crippen molar-refractivity contribution in [2.75, 3.05) is 41.4 Å². The highest BCUT2D eigenvalue weighted by Crippen LogP contribution is 2.39. The van der Waals surface area contributed by atoms with Crippen molar-refractivity contribution in [1.82, 2.24) is 24.6 Å². The molecule has 1 aliphatic carbocycles. The number of hydrogen-bond donors (Lipinski definition) is 2. The van der Waals surface area contributed by atoms with Gasteiger partial charge in [0.25, 0.3) is 0 Å². The SMILES string of the molecule is Cc1c(N2CCc3cnc(Nc4cc5n(n4)CC(=O)N(C4CC4)CC5)cc3C2)cnc2c1N(C(=O)O)CCO2. The fourth-order valence-electron chi connectivity index (χ4n) is 5.89. The number of nitrogens with zero attached hydrogens (tertiary/aromatic N) is 7. The number of fused-ring (bicyclic) bond motifs is 3. The van der Waals surface area contributed by atoms with Crippen molar-refractivity contribution >= 4 is 35.0 Å². The molecule has 1 saturated carbocycles. The number of rotatable bonds is 4. The van der Waals surface area contributed by atoms with Crippen LogP contribution >= 0.6 is 0 Å². The summed E-state index contributed by atoms with van der Waals surface area (Å²) >= 11 is 0. The zero-order valence-electron chi connectivity index (χ0n) is 21.8. The molecule has 3 aromatic rings. The molecule has 12 nitrogen and oxygen atoms in total. The lowest BCUT2D eigenvalue weighted by atomic mass is 10.0. The van der Waals surface area contributed by atoms with Crippen LogP contribution in [-0.2, 0) is 30.7 Å². The van der Waals surface area contributed by atoms with Crippen LogP contribution in [0.15, 0.2) is 24.5 Å². The summed E-state index contributed by atoms with van der Waals surface area (Å²) in [6.07, 6.45) is 6.51. The van der Waals surface area contributed by atoms with E-state index in [1.54, 1.807) is 6.20 Å². The summed E-state index contributed by atoms with van der Waals surface area (Å²) in [5, 5.41) is 17.7. The molecule has 0 atom stereocenters. The van der Waals surface area contributed by atoms with Crippen molar-refractivity contribution in [3.63, 3.8) is 0 Å². The number of ether oxygens (including phenoxy) is 1. The van der Waals surface area contributed by atoms with Crippen LogP contribution < -0.4 is 19.9 Å². The number of nitrogens with one attached hydrogen (secondary N) is 1. The minimum Gasteiger partial charge on any atom is -0.474 e. The molecule has 2 amide bonds. The Morgan fingerprint density at radius 3 is 2.74 bits per heavy atom. The summed E-state index contributed by atoms with van der Waals surface area (Å²) in [5.41, 5.74) is 5.62. The second-order valence-electron chi connectivity index (χ2n) is 10.6. The van der Waals surface area contributed by atoms with Gasteiger partial charge in [-0.3, -0.25) is 14.4 Å². The summed E-state index contributed by atoms with van der Waals surface area (Å²) in [5.74, 6) is 1.88. The topological polar surface area (TPSA) is 129 Å². The first-order valence-corrected chi connectivity index (χ1v) is 13.4. The quantitative estimate of drug-likeness (QED) is 0.523. The number of pyridine rings is 2. The molecule has 4 aliphatic rings. The number of aromatic nitrogens is 4. The number of carbonyl (C=O) groups excluding carboxylic acids is 1. The molecule has 0 spiro atoms. The molecule has 12 heteroatoms. The van der Waals surface area contributed by atoms with E-state index in [1.165, 1.54) is 10.5 Å².